The summed E-state index contributed by atoms with van der Waals surface area (Å²) in [6, 6.07) is 21.7. The summed E-state index contributed by atoms with van der Waals surface area (Å²) in [5, 5.41) is 11.5. The summed E-state index contributed by atoms with van der Waals surface area (Å²) in [4.78, 5) is 17.5. The quantitative estimate of drug-likeness (QED) is 0.286. The number of benzene rings is 3. The predicted octanol–water partition coefficient (Wildman–Crippen LogP) is 5.52. The Bertz CT molecular complexity index is 1580. The number of ether oxygens (including phenoxy) is 2. The third kappa shape index (κ3) is 4.70. The van der Waals surface area contributed by atoms with E-state index in [-0.39, 0.29) is 12.6 Å². The number of hydrogen-bond donors (Lipinski definition) is 1. The second-order valence-electron chi connectivity index (χ2n) is 9.25. The molecule has 0 aliphatic heterocycles. The van der Waals surface area contributed by atoms with Crippen molar-refractivity contribution >= 4 is 27.9 Å². The summed E-state index contributed by atoms with van der Waals surface area (Å²) in [5.74, 6) is 1.05. The maximum absolute atomic E-state index is 12.9. The van der Waals surface area contributed by atoms with Crippen LogP contribution in [-0.4, -0.2) is 44.5 Å². The van der Waals surface area contributed by atoms with E-state index < -0.39 is 6.10 Å². The summed E-state index contributed by atoms with van der Waals surface area (Å²) in [6.07, 6.45) is -0.740. The number of carbonyl (C=O) groups is 1. The van der Waals surface area contributed by atoms with Crippen molar-refractivity contribution in [2.75, 3.05) is 13.2 Å². The monoisotopic (exact) mass is 497 g/mol. The average Bonchev–Trinajstić information content (AvgIpc) is 3.35. The standard InChI is InChI=1S/C30H31N3O4/c1-5-36-30(35)29-20(3)33(22-12-10-19(2)11-13-22)27-15-14-24(16-25(27)29)37-18-23(34)17-32-21(4)31-26-8-6-7-9-28(26)32/h6-16,23,34H,5,17-18H2,1-4H3/t23-/m0/s1. The van der Waals surface area contributed by atoms with Gasteiger partial charge in [-0.05, 0) is 70.2 Å². The van der Waals surface area contributed by atoms with Crippen LogP contribution in [0, 0.1) is 20.8 Å². The topological polar surface area (TPSA) is 78.5 Å². The van der Waals surface area contributed by atoms with Crippen molar-refractivity contribution in [1.82, 2.24) is 14.1 Å². The van der Waals surface area contributed by atoms with E-state index in [1.165, 1.54) is 0 Å². The van der Waals surface area contributed by atoms with Crippen LogP contribution in [0.15, 0.2) is 66.7 Å². The third-order valence-corrected chi connectivity index (χ3v) is 6.63. The molecule has 1 atom stereocenters. The SMILES string of the molecule is CCOC(=O)c1c(C)n(-c2ccc(C)cc2)c2ccc(OC[C@@H](O)Cn3c(C)nc4ccccc43)cc12. The molecule has 2 heterocycles. The van der Waals surface area contributed by atoms with Crippen LogP contribution in [0.25, 0.3) is 27.6 Å². The van der Waals surface area contributed by atoms with E-state index in [9.17, 15) is 9.90 Å². The van der Waals surface area contributed by atoms with Crippen molar-refractivity contribution in [3.8, 4) is 11.4 Å². The van der Waals surface area contributed by atoms with Crippen molar-refractivity contribution in [2.24, 2.45) is 0 Å². The molecule has 5 aromatic rings. The fourth-order valence-electron chi connectivity index (χ4n) is 4.86. The van der Waals surface area contributed by atoms with Gasteiger partial charge in [-0.25, -0.2) is 9.78 Å². The molecule has 7 nitrogen and oxygen atoms in total. The molecule has 0 radical (unpaired) electrons. The number of imidazole rings is 1. The predicted molar refractivity (Wildman–Crippen MR) is 145 cm³/mol. The molecule has 0 aliphatic rings. The highest BCUT2D eigenvalue weighted by molar-refractivity contribution is 6.07. The van der Waals surface area contributed by atoms with Crippen molar-refractivity contribution < 1.29 is 19.4 Å². The number of hydrogen-bond acceptors (Lipinski definition) is 5. The molecule has 0 saturated carbocycles. The lowest BCUT2D eigenvalue weighted by molar-refractivity contribution is 0.0527. The maximum Gasteiger partial charge on any atom is 0.340 e. The molecule has 2 aromatic heterocycles. The van der Waals surface area contributed by atoms with Crippen LogP contribution in [0.4, 0.5) is 0 Å². The molecule has 0 bridgehead atoms. The van der Waals surface area contributed by atoms with Crippen LogP contribution in [0.2, 0.25) is 0 Å². The number of esters is 1. The van der Waals surface area contributed by atoms with Crippen molar-refractivity contribution in [3.63, 3.8) is 0 Å². The Hall–Kier alpha value is -4.10. The minimum absolute atomic E-state index is 0.101. The average molecular weight is 498 g/mol. The van der Waals surface area contributed by atoms with Gasteiger partial charge in [0.15, 0.2) is 0 Å². The largest absolute Gasteiger partial charge is 0.491 e. The Balaban J connectivity index is 1.43. The third-order valence-electron chi connectivity index (χ3n) is 6.63. The number of rotatable bonds is 8. The molecule has 0 spiro atoms. The molecule has 0 unspecified atom stereocenters. The van der Waals surface area contributed by atoms with Gasteiger partial charge >= 0.3 is 5.97 Å². The number of carbonyl (C=O) groups excluding carboxylic acids is 1. The number of para-hydroxylation sites is 2. The number of aromatic nitrogens is 3. The van der Waals surface area contributed by atoms with Crippen LogP contribution in [0.1, 0.15) is 34.4 Å². The molecule has 0 amide bonds. The van der Waals surface area contributed by atoms with E-state index in [0.717, 1.165) is 44.7 Å². The summed E-state index contributed by atoms with van der Waals surface area (Å²) >= 11 is 0. The van der Waals surface area contributed by atoms with E-state index in [1.807, 2.05) is 79.9 Å². The van der Waals surface area contributed by atoms with Crippen LogP contribution in [0.5, 0.6) is 5.75 Å². The Kier molecular flexibility index (Phi) is 6.72. The molecule has 1 N–H and O–H groups in total. The molecule has 0 fully saturated rings. The molecule has 0 aliphatic carbocycles. The normalized spacial score (nSPS) is 12.2. The van der Waals surface area contributed by atoms with E-state index >= 15 is 0 Å². The van der Waals surface area contributed by atoms with Gasteiger partial charge in [-0.1, -0.05) is 29.8 Å². The highest BCUT2D eigenvalue weighted by Gasteiger charge is 2.23. The molecule has 3 aromatic carbocycles. The fourth-order valence-corrected chi connectivity index (χ4v) is 4.86. The fraction of sp³-hybridized carbons (Fsp3) is 0.267. The van der Waals surface area contributed by atoms with Crippen molar-refractivity contribution in [2.45, 2.75) is 40.3 Å². The van der Waals surface area contributed by atoms with Gasteiger partial charge in [0, 0.05) is 16.8 Å². The van der Waals surface area contributed by atoms with Gasteiger partial charge in [0.25, 0.3) is 0 Å². The zero-order valence-electron chi connectivity index (χ0n) is 21.6. The minimum Gasteiger partial charge on any atom is -0.491 e. The second-order valence-corrected chi connectivity index (χ2v) is 9.25. The second kappa shape index (κ2) is 10.1. The Morgan fingerprint density at radius 3 is 2.51 bits per heavy atom. The lowest BCUT2D eigenvalue weighted by atomic mass is 10.1. The molecule has 5 rings (SSSR count). The lowest BCUT2D eigenvalue weighted by Crippen LogP contribution is -2.24. The van der Waals surface area contributed by atoms with Crippen molar-refractivity contribution in [3.05, 3.63) is 89.4 Å². The number of nitrogens with zero attached hydrogens (tertiary/aromatic N) is 3. The van der Waals surface area contributed by atoms with Crippen molar-refractivity contribution in [1.29, 1.82) is 0 Å². The Labute approximate surface area is 215 Å². The minimum atomic E-state index is -0.740. The number of aryl methyl sites for hydroxylation is 2. The van der Waals surface area contributed by atoms with E-state index in [4.69, 9.17) is 9.47 Å². The zero-order valence-corrected chi connectivity index (χ0v) is 21.6. The molecular weight excluding hydrogens is 466 g/mol. The molecule has 190 valence electrons. The molecule has 0 saturated heterocycles. The van der Waals surface area contributed by atoms with Gasteiger partial charge < -0.3 is 23.7 Å². The number of aliphatic hydroxyl groups is 1. The van der Waals surface area contributed by atoms with Crippen LogP contribution in [0.3, 0.4) is 0 Å². The summed E-state index contributed by atoms with van der Waals surface area (Å²) in [6.45, 7) is 8.46. The Morgan fingerprint density at radius 1 is 1.00 bits per heavy atom. The zero-order chi connectivity index (χ0) is 26.1. The lowest BCUT2D eigenvalue weighted by Gasteiger charge is -2.15. The van der Waals surface area contributed by atoms with Gasteiger partial charge in [0.05, 0.1) is 35.3 Å². The number of aliphatic hydroxyl groups excluding tert-OH is 1. The van der Waals surface area contributed by atoms with Crippen LogP contribution < -0.4 is 4.74 Å². The summed E-state index contributed by atoms with van der Waals surface area (Å²) in [7, 11) is 0. The van der Waals surface area contributed by atoms with Crippen LogP contribution >= 0.6 is 0 Å². The first-order chi connectivity index (χ1) is 17.9. The summed E-state index contributed by atoms with van der Waals surface area (Å²) in [5.41, 5.74) is 6.22. The highest BCUT2D eigenvalue weighted by Crippen LogP contribution is 2.33. The van der Waals surface area contributed by atoms with E-state index in [2.05, 4.69) is 21.7 Å². The van der Waals surface area contributed by atoms with Gasteiger partial charge in [-0.2, -0.15) is 0 Å². The van der Waals surface area contributed by atoms with Crippen LogP contribution in [-0.2, 0) is 11.3 Å². The molecule has 7 heteroatoms. The van der Waals surface area contributed by atoms with Gasteiger partial charge in [-0.15, -0.1) is 0 Å². The van der Waals surface area contributed by atoms with Gasteiger partial charge in [-0.3, -0.25) is 0 Å². The summed E-state index contributed by atoms with van der Waals surface area (Å²) < 4.78 is 15.4. The maximum atomic E-state index is 12.9. The Morgan fingerprint density at radius 2 is 1.76 bits per heavy atom. The van der Waals surface area contributed by atoms with E-state index in [0.29, 0.717) is 24.5 Å². The first-order valence-electron chi connectivity index (χ1n) is 12.5. The van der Waals surface area contributed by atoms with E-state index in [1.54, 1.807) is 6.92 Å². The first kappa shape index (κ1) is 24.6. The highest BCUT2D eigenvalue weighted by atomic mass is 16.5. The smallest absolute Gasteiger partial charge is 0.340 e. The molecule has 37 heavy (non-hydrogen) atoms. The first-order valence-corrected chi connectivity index (χ1v) is 12.5. The molecular formula is C30H31N3O4. The number of fused-ring (bicyclic) bond motifs is 2. The van der Waals surface area contributed by atoms with Gasteiger partial charge in [0.1, 0.15) is 24.3 Å². The van der Waals surface area contributed by atoms with Gasteiger partial charge in [0.2, 0.25) is 0 Å².